The van der Waals surface area contributed by atoms with Gasteiger partial charge in [0.25, 0.3) is 0 Å². The molecule has 0 radical (unpaired) electrons. The van der Waals surface area contributed by atoms with E-state index in [4.69, 9.17) is 0 Å². The van der Waals surface area contributed by atoms with Crippen LogP contribution in [0, 0.1) is 19.8 Å². The Hall–Kier alpha value is -1.96. The van der Waals surface area contributed by atoms with Crippen molar-refractivity contribution in [1.29, 1.82) is 0 Å². The maximum atomic E-state index is 3.59. The van der Waals surface area contributed by atoms with Gasteiger partial charge in [-0.3, -0.25) is 0 Å². The first-order valence-electron chi connectivity index (χ1n) is 8.15. The monoisotopic (exact) mass is 296 g/mol. The smallest absolute Gasteiger partial charge is 0.0415 e. The van der Waals surface area contributed by atoms with E-state index in [1.54, 1.807) is 0 Å². The highest BCUT2D eigenvalue weighted by molar-refractivity contribution is 5.68. The molecule has 1 unspecified atom stereocenters. The predicted octanol–water partition coefficient (Wildman–Crippen LogP) is 5.89. The van der Waals surface area contributed by atoms with Gasteiger partial charge in [-0.15, -0.1) is 0 Å². The van der Waals surface area contributed by atoms with Crippen LogP contribution in [-0.4, -0.2) is 6.04 Å². The second-order valence-corrected chi connectivity index (χ2v) is 6.64. The third-order valence-electron chi connectivity index (χ3n) is 3.88. The van der Waals surface area contributed by atoms with Crippen LogP contribution < -0.4 is 10.6 Å². The van der Waals surface area contributed by atoms with E-state index in [9.17, 15) is 0 Å². The van der Waals surface area contributed by atoms with Crippen molar-refractivity contribution in [3.63, 3.8) is 0 Å². The Labute approximate surface area is 135 Å². The lowest BCUT2D eigenvalue weighted by atomic mass is 10.0. The molecule has 0 spiro atoms. The van der Waals surface area contributed by atoms with Crippen molar-refractivity contribution < 1.29 is 0 Å². The Morgan fingerprint density at radius 1 is 0.864 bits per heavy atom. The summed E-state index contributed by atoms with van der Waals surface area (Å²) in [5, 5.41) is 7.11. The van der Waals surface area contributed by atoms with Crippen molar-refractivity contribution in [1.82, 2.24) is 0 Å². The summed E-state index contributed by atoms with van der Waals surface area (Å²) < 4.78 is 0. The van der Waals surface area contributed by atoms with Crippen molar-refractivity contribution in [2.75, 3.05) is 10.6 Å². The fraction of sp³-hybridized carbons (Fsp3) is 0.400. The van der Waals surface area contributed by atoms with Gasteiger partial charge >= 0.3 is 0 Å². The SMILES string of the molecule is Cc1ccccc1Nc1ccc(NC(C)CC(C)C)cc1C. The average Bonchev–Trinajstić information content (AvgIpc) is 2.43. The number of anilines is 3. The van der Waals surface area contributed by atoms with Crippen LogP contribution in [0.4, 0.5) is 17.1 Å². The zero-order chi connectivity index (χ0) is 16.1. The summed E-state index contributed by atoms with van der Waals surface area (Å²) in [6.45, 7) is 11.0. The first-order chi connectivity index (χ1) is 10.5. The second kappa shape index (κ2) is 7.35. The molecule has 1 atom stereocenters. The number of para-hydroxylation sites is 1. The van der Waals surface area contributed by atoms with Gasteiger partial charge in [0.2, 0.25) is 0 Å². The molecule has 0 saturated carbocycles. The number of benzene rings is 2. The molecule has 0 amide bonds. The average molecular weight is 296 g/mol. The predicted molar refractivity (Wildman–Crippen MR) is 98.2 cm³/mol. The van der Waals surface area contributed by atoms with Crippen LogP contribution in [-0.2, 0) is 0 Å². The highest BCUT2D eigenvalue weighted by atomic mass is 14.9. The molecule has 118 valence electrons. The van der Waals surface area contributed by atoms with Gasteiger partial charge in [0.05, 0.1) is 0 Å². The summed E-state index contributed by atoms with van der Waals surface area (Å²) in [4.78, 5) is 0. The first kappa shape index (κ1) is 16.4. The summed E-state index contributed by atoms with van der Waals surface area (Å²) >= 11 is 0. The van der Waals surface area contributed by atoms with Crippen molar-refractivity contribution in [3.05, 3.63) is 53.6 Å². The molecule has 2 rings (SSSR count). The second-order valence-electron chi connectivity index (χ2n) is 6.64. The molecule has 0 bridgehead atoms. The third kappa shape index (κ3) is 4.52. The van der Waals surface area contributed by atoms with Gasteiger partial charge in [0.15, 0.2) is 0 Å². The standard InChI is InChI=1S/C20H28N2/c1-14(2)12-17(5)21-18-10-11-20(16(4)13-18)22-19-9-7-6-8-15(19)3/h6-11,13-14,17,21-22H,12H2,1-5H3. The van der Waals surface area contributed by atoms with Crippen LogP contribution in [0.1, 0.15) is 38.3 Å². The maximum Gasteiger partial charge on any atom is 0.0415 e. The van der Waals surface area contributed by atoms with Gasteiger partial charge in [0, 0.05) is 23.1 Å². The van der Waals surface area contributed by atoms with Crippen molar-refractivity contribution >= 4 is 17.1 Å². The van der Waals surface area contributed by atoms with E-state index in [0.29, 0.717) is 12.0 Å². The summed E-state index contributed by atoms with van der Waals surface area (Å²) in [5.74, 6) is 0.714. The van der Waals surface area contributed by atoms with Crippen molar-refractivity contribution in [2.24, 2.45) is 5.92 Å². The molecule has 0 heterocycles. The Morgan fingerprint density at radius 3 is 2.18 bits per heavy atom. The fourth-order valence-electron chi connectivity index (χ4n) is 2.80. The maximum absolute atomic E-state index is 3.59. The Balaban J connectivity index is 2.08. The molecule has 2 nitrogen and oxygen atoms in total. The van der Waals surface area contributed by atoms with Gasteiger partial charge in [-0.05, 0) is 68.5 Å². The summed E-state index contributed by atoms with van der Waals surface area (Å²) in [5.41, 5.74) is 6.04. The van der Waals surface area contributed by atoms with E-state index in [1.165, 1.54) is 28.9 Å². The van der Waals surface area contributed by atoms with Gasteiger partial charge < -0.3 is 10.6 Å². The number of hydrogen-bond donors (Lipinski definition) is 2. The molecule has 0 aromatic heterocycles. The summed E-state index contributed by atoms with van der Waals surface area (Å²) in [7, 11) is 0. The zero-order valence-electron chi connectivity index (χ0n) is 14.4. The topological polar surface area (TPSA) is 24.1 Å². The number of nitrogens with one attached hydrogen (secondary N) is 2. The molecular formula is C20H28N2. The van der Waals surface area contributed by atoms with E-state index < -0.39 is 0 Å². The molecule has 2 N–H and O–H groups in total. The van der Waals surface area contributed by atoms with Crippen LogP contribution in [0.15, 0.2) is 42.5 Å². The molecule has 0 fully saturated rings. The molecule has 2 aromatic carbocycles. The summed E-state index contributed by atoms with van der Waals surface area (Å²) in [6.07, 6.45) is 1.18. The third-order valence-corrected chi connectivity index (χ3v) is 3.88. The molecule has 22 heavy (non-hydrogen) atoms. The summed E-state index contributed by atoms with van der Waals surface area (Å²) in [6, 6.07) is 15.4. The van der Waals surface area contributed by atoms with E-state index in [1.807, 2.05) is 0 Å². The van der Waals surface area contributed by atoms with Crippen LogP contribution >= 0.6 is 0 Å². The minimum absolute atomic E-state index is 0.495. The van der Waals surface area contributed by atoms with Crippen LogP contribution in [0.5, 0.6) is 0 Å². The molecule has 0 aliphatic heterocycles. The zero-order valence-corrected chi connectivity index (χ0v) is 14.4. The van der Waals surface area contributed by atoms with Gasteiger partial charge in [0.1, 0.15) is 0 Å². The van der Waals surface area contributed by atoms with E-state index >= 15 is 0 Å². The quantitative estimate of drug-likeness (QED) is 0.694. The van der Waals surface area contributed by atoms with Crippen LogP contribution in [0.25, 0.3) is 0 Å². The minimum Gasteiger partial charge on any atom is -0.383 e. The van der Waals surface area contributed by atoms with Crippen molar-refractivity contribution in [3.8, 4) is 0 Å². The van der Waals surface area contributed by atoms with Gasteiger partial charge in [-0.2, -0.15) is 0 Å². The molecule has 0 saturated heterocycles. The molecule has 2 aromatic rings. The van der Waals surface area contributed by atoms with Gasteiger partial charge in [-0.25, -0.2) is 0 Å². The Morgan fingerprint density at radius 2 is 1.55 bits per heavy atom. The highest BCUT2D eigenvalue weighted by Gasteiger charge is 2.07. The fourth-order valence-corrected chi connectivity index (χ4v) is 2.80. The minimum atomic E-state index is 0.495. The molecule has 0 aliphatic rings. The van der Waals surface area contributed by atoms with Crippen LogP contribution in [0.2, 0.25) is 0 Å². The molecule has 0 aliphatic carbocycles. The number of hydrogen-bond acceptors (Lipinski definition) is 2. The first-order valence-corrected chi connectivity index (χ1v) is 8.15. The Kier molecular flexibility index (Phi) is 5.48. The number of aryl methyl sites for hydroxylation is 2. The van der Waals surface area contributed by atoms with E-state index in [2.05, 4.69) is 87.7 Å². The van der Waals surface area contributed by atoms with Crippen molar-refractivity contribution in [2.45, 2.75) is 47.1 Å². The lowest BCUT2D eigenvalue weighted by molar-refractivity contribution is 0.540. The number of rotatable bonds is 6. The van der Waals surface area contributed by atoms with Crippen LogP contribution in [0.3, 0.4) is 0 Å². The van der Waals surface area contributed by atoms with Gasteiger partial charge in [-0.1, -0.05) is 32.0 Å². The lowest BCUT2D eigenvalue weighted by Gasteiger charge is -2.19. The van der Waals surface area contributed by atoms with E-state index in [-0.39, 0.29) is 0 Å². The molecular weight excluding hydrogens is 268 g/mol. The lowest BCUT2D eigenvalue weighted by Crippen LogP contribution is -2.17. The molecule has 2 heteroatoms. The van der Waals surface area contributed by atoms with E-state index in [0.717, 1.165) is 5.69 Å². The largest absolute Gasteiger partial charge is 0.383 e. The Bertz CT molecular complexity index is 617. The normalized spacial score (nSPS) is 12.3. The highest BCUT2D eigenvalue weighted by Crippen LogP contribution is 2.26.